The third-order valence-electron chi connectivity index (χ3n) is 2.27. The molecule has 0 aromatic rings. The Kier molecular flexibility index (Phi) is 6.31. The summed E-state index contributed by atoms with van der Waals surface area (Å²) >= 11 is 0. The van der Waals surface area contributed by atoms with Crippen molar-refractivity contribution in [2.75, 3.05) is 32.0 Å². The summed E-state index contributed by atoms with van der Waals surface area (Å²) in [7, 11) is -2.94. The highest BCUT2D eigenvalue weighted by Gasteiger charge is 2.16. The normalized spacial score (nSPS) is 12.7. The zero-order valence-corrected chi connectivity index (χ0v) is 10.0. The van der Waals surface area contributed by atoms with E-state index in [0.717, 1.165) is 6.54 Å². The second-order valence-electron chi connectivity index (χ2n) is 3.57. The van der Waals surface area contributed by atoms with Crippen molar-refractivity contribution < 1.29 is 13.5 Å². The SMILES string of the molecule is CCN(CCO)CCS(=O)(=O)C(C)C. The molecule has 0 aliphatic heterocycles. The average molecular weight is 223 g/mol. The molecule has 0 atom stereocenters. The Bertz CT molecular complexity index is 236. The van der Waals surface area contributed by atoms with Gasteiger partial charge in [-0.1, -0.05) is 6.92 Å². The third kappa shape index (κ3) is 4.93. The molecule has 0 aliphatic rings. The van der Waals surface area contributed by atoms with Crippen molar-refractivity contribution in [1.82, 2.24) is 4.90 Å². The minimum atomic E-state index is -2.94. The zero-order chi connectivity index (χ0) is 11.2. The van der Waals surface area contributed by atoms with Crippen LogP contribution in [0.4, 0.5) is 0 Å². The molecule has 0 amide bonds. The molecular formula is C9H21NO3S. The van der Waals surface area contributed by atoms with Gasteiger partial charge in [0.2, 0.25) is 0 Å². The summed E-state index contributed by atoms with van der Waals surface area (Å²) in [6.07, 6.45) is 0. The number of likely N-dealkylation sites (N-methyl/N-ethyl adjacent to an activating group) is 1. The van der Waals surface area contributed by atoms with Crippen LogP contribution in [0.15, 0.2) is 0 Å². The molecule has 0 heterocycles. The molecule has 0 saturated carbocycles. The van der Waals surface area contributed by atoms with Crippen molar-refractivity contribution in [3.63, 3.8) is 0 Å². The van der Waals surface area contributed by atoms with E-state index in [-0.39, 0.29) is 17.6 Å². The van der Waals surface area contributed by atoms with Gasteiger partial charge in [-0.25, -0.2) is 8.42 Å². The predicted octanol–water partition coefficient (Wildman–Crippen LogP) is 0.124. The van der Waals surface area contributed by atoms with Crippen LogP contribution in [0.2, 0.25) is 0 Å². The summed E-state index contributed by atoms with van der Waals surface area (Å²) in [5, 5.41) is 8.41. The Morgan fingerprint density at radius 1 is 1.29 bits per heavy atom. The fourth-order valence-corrected chi connectivity index (χ4v) is 2.05. The second kappa shape index (κ2) is 6.37. The van der Waals surface area contributed by atoms with Crippen molar-refractivity contribution in [2.24, 2.45) is 0 Å². The minimum Gasteiger partial charge on any atom is -0.395 e. The first-order valence-corrected chi connectivity index (χ1v) is 6.70. The van der Waals surface area contributed by atoms with Gasteiger partial charge in [0.15, 0.2) is 9.84 Å². The van der Waals surface area contributed by atoms with Gasteiger partial charge < -0.3 is 10.0 Å². The lowest BCUT2D eigenvalue weighted by atomic mass is 10.5. The van der Waals surface area contributed by atoms with E-state index in [9.17, 15) is 8.42 Å². The van der Waals surface area contributed by atoms with Gasteiger partial charge in [-0.15, -0.1) is 0 Å². The van der Waals surface area contributed by atoms with E-state index >= 15 is 0 Å². The van der Waals surface area contributed by atoms with Crippen LogP contribution in [-0.2, 0) is 9.84 Å². The van der Waals surface area contributed by atoms with Gasteiger partial charge in [-0.3, -0.25) is 0 Å². The molecule has 0 aromatic carbocycles. The van der Waals surface area contributed by atoms with E-state index in [0.29, 0.717) is 13.1 Å². The van der Waals surface area contributed by atoms with E-state index in [1.807, 2.05) is 11.8 Å². The first-order chi connectivity index (χ1) is 6.44. The molecule has 0 aromatic heterocycles. The van der Waals surface area contributed by atoms with Gasteiger partial charge in [0.1, 0.15) is 0 Å². The first kappa shape index (κ1) is 13.9. The average Bonchev–Trinajstić information content (AvgIpc) is 2.12. The van der Waals surface area contributed by atoms with Crippen LogP contribution in [0.25, 0.3) is 0 Å². The van der Waals surface area contributed by atoms with E-state index in [1.165, 1.54) is 0 Å². The molecule has 4 nitrogen and oxygen atoms in total. The van der Waals surface area contributed by atoms with Crippen molar-refractivity contribution in [1.29, 1.82) is 0 Å². The minimum absolute atomic E-state index is 0.0789. The van der Waals surface area contributed by atoms with Gasteiger partial charge in [-0.05, 0) is 20.4 Å². The summed E-state index contributed by atoms with van der Waals surface area (Å²) < 4.78 is 22.9. The third-order valence-corrected chi connectivity index (χ3v) is 4.46. The molecule has 0 spiro atoms. The Morgan fingerprint density at radius 2 is 1.86 bits per heavy atom. The summed E-state index contributed by atoms with van der Waals surface area (Å²) in [5.41, 5.74) is 0. The first-order valence-electron chi connectivity index (χ1n) is 4.98. The molecule has 0 bridgehead atoms. The summed E-state index contributed by atoms with van der Waals surface area (Å²) in [4.78, 5) is 1.93. The number of rotatable bonds is 7. The molecule has 86 valence electrons. The number of aliphatic hydroxyl groups excluding tert-OH is 1. The van der Waals surface area contributed by atoms with Gasteiger partial charge in [0.05, 0.1) is 17.6 Å². The Hall–Kier alpha value is -0.130. The molecule has 1 N–H and O–H groups in total. The van der Waals surface area contributed by atoms with E-state index < -0.39 is 9.84 Å². The van der Waals surface area contributed by atoms with Crippen LogP contribution in [0, 0.1) is 0 Å². The monoisotopic (exact) mass is 223 g/mol. The van der Waals surface area contributed by atoms with E-state index in [2.05, 4.69) is 0 Å². The van der Waals surface area contributed by atoms with Crippen LogP contribution >= 0.6 is 0 Å². The Morgan fingerprint density at radius 3 is 2.21 bits per heavy atom. The summed E-state index contributed by atoms with van der Waals surface area (Å²) in [6, 6.07) is 0. The molecular weight excluding hydrogens is 202 g/mol. The highest BCUT2D eigenvalue weighted by Crippen LogP contribution is 2.01. The van der Waals surface area contributed by atoms with Crippen LogP contribution in [0.1, 0.15) is 20.8 Å². The quantitative estimate of drug-likeness (QED) is 0.666. The van der Waals surface area contributed by atoms with E-state index in [4.69, 9.17) is 5.11 Å². The topological polar surface area (TPSA) is 57.6 Å². The van der Waals surface area contributed by atoms with Crippen molar-refractivity contribution in [3.05, 3.63) is 0 Å². The number of sulfone groups is 1. The van der Waals surface area contributed by atoms with Gasteiger partial charge in [0, 0.05) is 13.1 Å². The van der Waals surface area contributed by atoms with Crippen LogP contribution in [-0.4, -0.2) is 55.7 Å². The summed E-state index contributed by atoms with van der Waals surface area (Å²) in [6.45, 7) is 7.25. The lowest BCUT2D eigenvalue weighted by Crippen LogP contribution is -2.33. The smallest absolute Gasteiger partial charge is 0.153 e. The number of hydrogen-bond donors (Lipinski definition) is 1. The standard InChI is InChI=1S/C9H21NO3S/c1-4-10(5-7-11)6-8-14(12,13)9(2)3/h9,11H,4-8H2,1-3H3. The lowest BCUT2D eigenvalue weighted by molar-refractivity contribution is 0.209. The molecule has 0 fully saturated rings. The van der Waals surface area contributed by atoms with Crippen molar-refractivity contribution in [3.8, 4) is 0 Å². The molecule has 0 saturated heterocycles. The molecule has 0 unspecified atom stereocenters. The Balaban J connectivity index is 4.03. The van der Waals surface area contributed by atoms with Crippen LogP contribution in [0.3, 0.4) is 0 Å². The molecule has 0 aliphatic carbocycles. The number of aliphatic hydroxyl groups is 1. The molecule has 14 heavy (non-hydrogen) atoms. The fourth-order valence-electron chi connectivity index (χ4n) is 1.06. The van der Waals surface area contributed by atoms with E-state index in [1.54, 1.807) is 13.8 Å². The van der Waals surface area contributed by atoms with Crippen LogP contribution in [0.5, 0.6) is 0 Å². The van der Waals surface area contributed by atoms with Crippen molar-refractivity contribution >= 4 is 9.84 Å². The van der Waals surface area contributed by atoms with Crippen LogP contribution < -0.4 is 0 Å². The van der Waals surface area contributed by atoms with Gasteiger partial charge >= 0.3 is 0 Å². The Labute approximate surface area is 86.8 Å². The van der Waals surface area contributed by atoms with Gasteiger partial charge in [0.25, 0.3) is 0 Å². The molecule has 0 rings (SSSR count). The largest absolute Gasteiger partial charge is 0.395 e. The number of hydrogen-bond acceptors (Lipinski definition) is 4. The highest BCUT2D eigenvalue weighted by molar-refractivity contribution is 7.92. The molecule has 5 heteroatoms. The number of nitrogens with zero attached hydrogens (tertiary/aromatic N) is 1. The summed E-state index contributed by atoms with van der Waals surface area (Å²) in [5.74, 6) is 0.179. The zero-order valence-electron chi connectivity index (χ0n) is 9.23. The second-order valence-corrected chi connectivity index (χ2v) is 6.25. The maximum Gasteiger partial charge on any atom is 0.153 e. The lowest BCUT2D eigenvalue weighted by Gasteiger charge is -2.19. The van der Waals surface area contributed by atoms with Gasteiger partial charge in [-0.2, -0.15) is 0 Å². The highest BCUT2D eigenvalue weighted by atomic mass is 32.2. The maximum absolute atomic E-state index is 11.5. The maximum atomic E-state index is 11.5. The predicted molar refractivity (Wildman–Crippen MR) is 58.1 cm³/mol. The van der Waals surface area contributed by atoms with Crippen molar-refractivity contribution in [2.45, 2.75) is 26.0 Å². The fraction of sp³-hybridized carbons (Fsp3) is 1.00. The molecule has 0 radical (unpaired) electrons.